The summed E-state index contributed by atoms with van der Waals surface area (Å²) in [5.41, 5.74) is 2.09. The molecule has 2 aromatic carbocycles. The smallest absolute Gasteiger partial charge is 0.229 e. The number of piperidine rings is 1. The third-order valence-electron chi connectivity index (χ3n) is 8.79. The minimum absolute atomic E-state index is 0. The zero-order chi connectivity index (χ0) is 26.4. The van der Waals surface area contributed by atoms with Crippen LogP contribution in [0.3, 0.4) is 0 Å². The molecule has 1 spiro atoms. The highest BCUT2D eigenvalue weighted by Crippen LogP contribution is 2.42. The van der Waals surface area contributed by atoms with Gasteiger partial charge in [0.2, 0.25) is 11.8 Å². The van der Waals surface area contributed by atoms with Gasteiger partial charge in [-0.05, 0) is 74.9 Å². The molecule has 8 heteroatoms. The number of nitrogens with one attached hydrogen (secondary N) is 1. The van der Waals surface area contributed by atoms with Gasteiger partial charge in [0.25, 0.3) is 0 Å². The maximum atomic E-state index is 13.5. The van der Waals surface area contributed by atoms with Crippen molar-refractivity contribution < 1.29 is 19.1 Å². The topological polar surface area (TPSA) is 71.1 Å². The number of hydrogen-bond donors (Lipinski definition) is 1. The summed E-state index contributed by atoms with van der Waals surface area (Å²) in [4.78, 5) is 31.0. The Labute approximate surface area is 238 Å². The molecule has 0 bridgehead atoms. The van der Waals surface area contributed by atoms with Crippen LogP contribution < -0.4 is 10.1 Å². The summed E-state index contributed by atoms with van der Waals surface area (Å²) in [7, 11) is 1.67. The van der Waals surface area contributed by atoms with E-state index in [1.165, 1.54) is 0 Å². The Hall–Kier alpha value is -2.61. The number of ether oxygens (including phenoxy) is 2. The minimum atomic E-state index is -0.209. The predicted octanol–water partition coefficient (Wildman–Crippen LogP) is 4.61. The van der Waals surface area contributed by atoms with E-state index in [2.05, 4.69) is 22.3 Å². The number of carbonyl (C=O) groups excluding carboxylic acids is 2. The summed E-state index contributed by atoms with van der Waals surface area (Å²) in [6.07, 6.45) is 5.23. The number of hydrogen-bond acceptors (Lipinski definition) is 5. The summed E-state index contributed by atoms with van der Waals surface area (Å²) < 4.78 is 10.7. The van der Waals surface area contributed by atoms with E-state index in [0.717, 1.165) is 81.6 Å². The normalized spacial score (nSPS) is 20.4. The van der Waals surface area contributed by atoms with Crippen LogP contribution in [0.25, 0.3) is 0 Å². The highest BCUT2D eigenvalue weighted by Gasteiger charge is 2.47. The highest BCUT2D eigenvalue weighted by molar-refractivity contribution is 5.85. The maximum Gasteiger partial charge on any atom is 0.229 e. The van der Waals surface area contributed by atoms with Crippen molar-refractivity contribution in [2.75, 3.05) is 46.5 Å². The molecule has 39 heavy (non-hydrogen) atoms. The van der Waals surface area contributed by atoms with Gasteiger partial charge >= 0.3 is 0 Å². The van der Waals surface area contributed by atoms with E-state index in [4.69, 9.17) is 9.47 Å². The van der Waals surface area contributed by atoms with Crippen molar-refractivity contribution in [1.29, 1.82) is 0 Å². The van der Waals surface area contributed by atoms with Gasteiger partial charge in [-0.2, -0.15) is 0 Å². The first-order valence-corrected chi connectivity index (χ1v) is 14.1. The van der Waals surface area contributed by atoms with Gasteiger partial charge in [0.15, 0.2) is 0 Å². The van der Waals surface area contributed by atoms with Gasteiger partial charge in [0.05, 0.1) is 18.6 Å². The van der Waals surface area contributed by atoms with E-state index >= 15 is 0 Å². The summed E-state index contributed by atoms with van der Waals surface area (Å²) in [6, 6.07) is 18.3. The molecule has 2 amide bonds. The molecule has 3 saturated heterocycles. The number of likely N-dealkylation sites (tertiary alicyclic amines) is 2. The quantitative estimate of drug-likeness (QED) is 0.489. The Bertz CT molecular complexity index is 1070. The Kier molecular flexibility index (Phi) is 10.3. The number of carbonyl (C=O) groups is 2. The molecule has 0 unspecified atom stereocenters. The third kappa shape index (κ3) is 7.13. The fourth-order valence-corrected chi connectivity index (χ4v) is 6.23. The number of methoxy groups -OCH3 is 1. The van der Waals surface area contributed by atoms with E-state index in [-0.39, 0.29) is 35.7 Å². The van der Waals surface area contributed by atoms with Crippen LogP contribution in [0.2, 0.25) is 0 Å². The average molecular weight is 556 g/mol. The molecule has 5 rings (SSSR count). The minimum Gasteiger partial charge on any atom is -0.497 e. The molecule has 3 fully saturated rings. The van der Waals surface area contributed by atoms with Gasteiger partial charge in [-0.15, -0.1) is 12.4 Å². The van der Waals surface area contributed by atoms with Gasteiger partial charge in [-0.25, -0.2) is 0 Å². The van der Waals surface area contributed by atoms with E-state index < -0.39 is 0 Å². The summed E-state index contributed by atoms with van der Waals surface area (Å²) in [5, 5.41) is 3.34. The van der Waals surface area contributed by atoms with Gasteiger partial charge < -0.3 is 24.6 Å². The first kappa shape index (κ1) is 29.4. The van der Waals surface area contributed by atoms with E-state index in [9.17, 15) is 9.59 Å². The van der Waals surface area contributed by atoms with E-state index in [1.54, 1.807) is 7.11 Å². The molecule has 0 aromatic heterocycles. The van der Waals surface area contributed by atoms with Crippen molar-refractivity contribution in [2.24, 2.45) is 11.3 Å². The largest absolute Gasteiger partial charge is 0.497 e. The summed E-state index contributed by atoms with van der Waals surface area (Å²) >= 11 is 0. The Morgan fingerprint density at radius 2 is 1.69 bits per heavy atom. The fourth-order valence-electron chi connectivity index (χ4n) is 6.23. The monoisotopic (exact) mass is 555 g/mol. The van der Waals surface area contributed by atoms with Gasteiger partial charge in [-0.1, -0.05) is 42.5 Å². The van der Waals surface area contributed by atoms with Crippen LogP contribution in [0.15, 0.2) is 54.6 Å². The molecule has 1 atom stereocenters. The van der Waals surface area contributed by atoms with Crippen molar-refractivity contribution in [2.45, 2.75) is 51.1 Å². The number of nitrogens with zero attached hydrogens (tertiary/aromatic N) is 2. The first-order chi connectivity index (χ1) is 18.6. The van der Waals surface area contributed by atoms with Crippen LogP contribution in [-0.4, -0.2) is 68.1 Å². The molecule has 0 aliphatic carbocycles. The molecular weight excluding hydrogens is 514 g/mol. The molecule has 2 aromatic rings. The molecular formula is C31H42ClN3O4. The van der Waals surface area contributed by atoms with Crippen molar-refractivity contribution in [1.82, 2.24) is 15.1 Å². The lowest BCUT2D eigenvalue weighted by Gasteiger charge is -2.38. The summed E-state index contributed by atoms with van der Waals surface area (Å²) in [5.74, 6) is 1.34. The molecule has 3 heterocycles. The molecule has 3 aliphatic rings. The standard InChI is InChI=1S/C31H41N3O4.ClH/c1-37-27-9-7-24(8-10-27)23-34-20-16-31(30(34)36)14-18-33(19-15-31)17-11-28(25-5-3-2-4-6-25)32-29(35)26-12-21-38-22-13-26;/h2-10,26,28H,11-23H2,1H3,(H,32,35);1H/t28-;/m0./s1. The lowest BCUT2D eigenvalue weighted by molar-refractivity contribution is -0.139. The fraction of sp³-hybridized carbons (Fsp3) is 0.548. The maximum absolute atomic E-state index is 13.5. The predicted molar refractivity (Wildman–Crippen MR) is 154 cm³/mol. The van der Waals surface area contributed by atoms with Crippen LogP contribution in [0.1, 0.15) is 55.7 Å². The van der Waals surface area contributed by atoms with Crippen LogP contribution >= 0.6 is 12.4 Å². The Morgan fingerprint density at radius 1 is 1.03 bits per heavy atom. The second-order valence-corrected chi connectivity index (χ2v) is 11.1. The van der Waals surface area contributed by atoms with Gasteiger partial charge in [0, 0.05) is 38.8 Å². The number of benzene rings is 2. The van der Waals surface area contributed by atoms with Crippen LogP contribution in [0, 0.1) is 11.3 Å². The SMILES string of the molecule is COc1ccc(CN2CCC3(CCN(CC[C@H](NC(=O)C4CCOCC4)c4ccccc4)CC3)C2=O)cc1.Cl. The van der Waals surface area contributed by atoms with Crippen LogP contribution in [-0.2, 0) is 20.9 Å². The number of amides is 2. The van der Waals surface area contributed by atoms with Crippen molar-refractivity contribution in [3.63, 3.8) is 0 Å². The highest BCUT2D eigenvalue weighted by atomic mass is 35.5. The van der Waals surface area contributed by atoms with Gasteiger partial charge in [0.1, 0.15) is 5.75 Å². The molecule has 1 N–H and O–H groups in total. The van der Waals surface area contributed by atoms with Crippen molar-refractivity contribution in [3.05, 3.63) is 65.7 Å². The van der Waals surface area contributed by atoms with Gasteiger partial charge in [-0.3, -0.25) is 9.59 Å². The lowest BCUT2D eigenvalue weighted by Crippen LogP contribution is -2.45. The van der Waals surface area contributed by atoms with Crippen molar-refractivity contribution >= 4 is 24.2 Å². The van der Waals surface area contributed by atoms with Crippen molar-refractivity contribution in [3.8, 4) is 5.75 Å². The van der Waals surface area contributed by atoms with E-state index in [0.29, 0.717) is 25.7 Å². The van der Waals surface area contributed by atoms with Crippen LogP contribution in [0.4, 0.5) is 0 Å². The third-order valence-corrected chi connectivity index (χ3v) is 8.79. The number of halogens is 1. The Morgan fingerprint density at radius 3 is 2.36 bits per heavy atom. The number of rotatable bonds is 9. The van der Waals surface area contributed by atoms with Crippen LogP contribution in [0.5, 0.6) is 5.75 Å². The molecule has 0 radical (unpaired) electrons. The Balaban J connectivity index is 0.00000353. The molecule has 3 aliphatic heterocycles. The summed E-state index contributed by atoms with van der Waals surface area (Å²) in [6.45, 7) is 5.60. The molecule has 7 nitrogen and oxygen atoms in total. The molecule has 0 saturated carbocycles. The average Bonchev–Trinajstić information content (AvgIpc) is 3.27. The lowest BCUT2D eigenvalue weighted by atomic mass is 9.77. The zero-order valence-electron chi connectivity index (χ0n) is 23.0. The molecule has 212 valence electrons. The first-order valence-electron chi connectivity index (χ1n) is 14.1. The second-order valence-electron chi connectivity index (χ2n) is 11.1. The van der Waals surface area contributed by atoms with E-state index in [1.807, 2.05) is 47.4 Å². The second kappa shape index (κ2) is 13.6. The zero-order valence-corrected chi connectivity index (χ0v) is 23.8.